The molecule has 0 aromatic rings. The van der Waals surface area contributed by atoms with Crippen molar-refractivity contribution >= 4 is 5.96 Å². The van der Waals surface area contributed by atoms with Gasteiger partial charge in [-0.3, -0.25) is 4.99 Å². The maximum Gasteiger partial charge on any atom is 0.193 e. The molecule has 1 atom stereocenters. The summed E-state index contributed by atoms with van der Waals surface area (Å²) < 4.78 is 11.3. The molecule has 3 aliphatic rings. The topological polar surface area (TPSA) is 46.1 Å². The molecule has 0 amide bonds. The van der Waals surface area contributed by atoms with E-state index in [1.165, 1.54) is 45.1 Å². The molecule has 0 aromatic carbocycles. The molecule has 1 spiro atoms. The molecule has 1 saturated carbocycles. The van der Waals surface area contributed by atoms with Gasteiger partial charge in [-0.25, -0.2) is 0 Å². The molecule has 2 heterocycles. The number of likely N-dealkylation sites (tertiary alicyclic amines) is 1. The van der Waals surface area contributed by atoms with Crippen LogP contribution in [-0.2, 0) is 9.47 Å². The number of ether oxygens (including phenoxy) is 2. The van der Waals surface area contributed by atoms with Crippen molar-refractivity contribution in [2.75, 3.05) is 46.5 Å². The van der Waals surface area contributed by atoms with Gasteiger partial charge in [0.1, 0.15) is 0 Å². The average molecular weight is 323 g/mol. The highest BCUT2D eigenvalue weighted by Crippen LogP contribution is 2.45. The molecular weight excluding hydrogens is 290 g/mol. The van der Waals surface area contributed by atoms with Crippen molar-refractivity contribution in [2.24, 2.45) is 10.4 Å². The second-order valence-electron chi connectivity index (χ2n) is 7.42. The van der Waals surface area contributed by atoms with Crippen LogP contribution in [0.25, 0.3) is 0 Å². The van der Waals surface area contributed by atoms with Gasteiger partial charge in [-0.05, 0) is 43.9 Å². The van der Waals surface area contributed by atoms with Crippen LogP contribution >= 0.6 is 0 Å². The summed E-state index contributed by atoms with van der Waals surface area (Å²) in [6, 6.07) is 0. The summed E-state index contributed by atoms with van der Waals surface area (Å²) >= 11 is 0. The van der Waals surface area contributed by atoms with E-state index in [1.54, 1.807) is 0 Å². The largest absolute Gasteiger partial charge is 0.379 e. The molecule has 3 rings (SSSR count). The van der Waals surface area contributed by atoms with Gasteiger partial charge in [-0.2, -0.15) is 0 Å². The van der Waals surface area contributed by atoms with Crippen molar-refractivity contribution in [3.63, 3.8) is 0 Å². The zero-order valence-corrected chi connectivity index (χ0v) is 14.7. The van der Waals surface area contributed by atoms with Crippen LogP contribution in [0, 0.1) is 5.41 Å². The number of guanidine groups is 1. The van der Waals surface area contributed by atoms with Gasteiger partial charge in [0.25, 0.3) is 0 Å². The van der Waals surface area contributed by atoms with Crippen molar-refractivity contribution in [3.05, 3.63) is 0 Å². The fourth-order valence-electron chi connectivity index (χ4n) is 4.35. The molecule has 1 N–H and O–H groups in total. The van der Waals surface area contributed by atoms with Crippen LogP contribution in [-0.4, -0.2) is 63.5 Å². The van der Waals surface area contributed by atoms with E-state index >= 15 is 0 Å². The molecule has 1 unspecified atom stereocenters. The third-order valence-corrected chi connectivity index (χ3v) is 5.69. The summed E-state index contributed by atoms with van der Waals surface area (Å²) in [4.78, 5) is 6.93. The van der Waals surface area contributed by atoms with Crippen LogP contribution in [0.4, 0.5) is 0 Å². The Morgan fingerprint density at radius 3 is 2.91 bits per heavy atom. The Morgan fingerprint density at radius 1 is 1.30 bits per heavy atom. The molecule has 2 aliphatic heterocycles. The number of nitrogens with zero attached hydrogens (tertiary/aromatic N) is 2. The van der Waals surface area contributed by atoms with Gasteiger partial charge in [0, 0.05) is 39.9 Å². The Morgan fingerprint density at radius 2 is 2.17 bits per heavy atom. The molecule has 0 radical (unpaired) electrons. The van der Waals surface area contributed by atoms with Crippen molar-refractivity contribution in [2.45, 2.75) is 57.5 Å². The highest BCUT2D eigenvalue weighted by molar-refractivity contribution is 5.80. The van der Waals surface area contributed by atoms with Crippen LogP contribution in [0.2, 0.25) is 0 Å². The van der Waals surface area contributed by atoms with Crippen LogP contribution in [0.5, 0.6) is 0 Å². The highest BCUT2D eigenvalue weighted by atomic mass is 16.5. The first kappa shape index (κ1) is 17.0. The van der Waals surface area contributed by atoms with E-state index in [2.05, 4.69) is 15.2 Å². The van der Waals surface area contributed by atoms with Crippen LogP contribution in [0.15, 0.2) is 4.99 Å². The van der Waals surface area contributed by atoms with E-state index in [4.69, 9.17) is 9.47 Å². The zero-order chi connectivity index (χ0) is 16.0. The highest BCUT2D eigenvalue weighted by Gasteiger charge is 2.40. The van der Waals surface area contributed by atoms with E-state index in [9.17, 15) is 0 Å². The molecule has 132 valence electrons. The number of hydrogen-bond donors (Lipinski definition) is 1. The second-order valence-corrected chi connectivity index (χ2v) is 7.42. The number of hydrogen-bond acceptors (Lipinski definition) is 3. The van der Waals surface area contributed by atoms with Gasteiger partial charge in [-0.1, -0.05) is 12.8 Å². The molecule has 5 nitrogen and oxygen atoms in total. The molecule has 2 saturated heterocycles. The first-order valence-electron chi connectivity index (χ1n) is 9.46. The third-order valence-electron chi connectivity index (χ3n) is 5.69. The van der Waals surface area contributed by atoms with Gasteiger partial charge in [0.2, 0.25) is 0 Å². The fourth-order valence-corrected chi connectivity index (χ4v) is 4.35. The van der Waals surface area contributed by atoms with E-state index in [0.717, 1.165) is 51.7 Å². The van der Waals surface area contributed by atoms with E-state index in [0.29, 0.717) is 11.5 Å². The van der Waals surface area contributed by atoms with Crippen LogP contribution < -0.4 is 5.32 Å². The van der Waals surface area contributed by atoms with E-state index < -0.39 is 0 Å². The summed E-state index contributed by atoms with van der Waals surface area (Å²) in [6.07, 6.45) is 10.7. The predicted octanol–water partition coefficient (Wildman–Crippen LogP) is 2.41. The van der Waals surface area contributed by atoms with E-state index in [-0.39, 0.29) is 0 Å². The second kappa shape index (κ2) is 8.34. The molecular formula is C18H33N3O2. The quantitative estimate of drug-likeness (QED) is 0.463. The predicted molar refractivity (Wildman–Crippen MR) is 92.9 cm³/mol. The van der Waals surface area contributed by atoms with Crippen molar-refractivity contribution in [1.82, 2.24) is 10.2 Å². The van der Waals surface area contributed by atoms with Crippen LogP contribution in [0.3, 0.4) is 0 Å². The van der Waals surface area contributed by atoms with Gasteiger partial charge in [0.05, 0.1) is 12.7 Å². The Balaban J connectivity index is 1.29. The maximum atomic E-state index is 5.72. The summed E-state index contributed by atoms with van der Waals surface area (Å²) in [5.74, 6) is 1.08. The Kier molecular flexibility index (Phi) is 6.17. The number of rotatable bonds is 6. The maximum absolute atomic E-state index is 5.72. The summed E-state index contributed by atoms with van der Waals surface area (Å²) in [5.41, 5.74) is 0.599. The number of aliphatic imine (C=N–C) groups is 1. The minimum Gasteiger partial charge on any atom is -0.379 e. The minimum atomic E-state index is 0.336. The smallest absolute Gasteiger partial charge is 0.193 e. The lowest BCUT2D eigenvalue weighted by atomic mass is 9.86. The standard InChI is InChI=1S/C18H33N3O2/c1-19-17(21-11-9-18(15-21)7-2-3-8-18)20-10-5-12-22-14-16-6-4-13-23-16/h16H,2-15H2,1H3,(H,19,20). The summed E-state index contributed by atoms with van der Waals surface area (Å²) in [5, 5.41) is 3.51. The minimum absolute atomic E-state index is 0.336. The molecule has 0 aromatic heterocycles. The Hall–Kier alpha value is -0.810. The van der Waals surface area contributed by atoms with Crippen molar-refractivity contribution in [1.29, 1.82) is 0 Å². The summed E-state index contributed by atoms with van der Waals surface area (Å²) in [6.45, 7) is 5.75. The lowest BCUT2D eigenvalue weighted by Gasteiger charge is -2.26. The molecule has 3 fully saturated rings. The van der Waals surface area contributed by atoms with E-state index in [1.807, 2.05) is 7.05 Å². The lowest BCUT2D eigenvalue weighted by molar-refractivity contribution is 0.0168. The molecule has 1 aliphatic carbocycles. The normalized spacial score (nSPS) is 27.3. The molecule has 5 heteroatoms. The molecule has 23 heavy (non-hydrogen) atoms. The number of nitrogens with one attached hydrogen (secondary N) is 1. The fraction of sp³-hybridized carbons (Fsp3) is 0.944. The average Bonchev–Trinajstić information content (AvgIpc) is 3.31. The first-order chi connectivity index (χ1) is 11.3. The lowest BCUT2D eigenvalue weighted by Crippen LogP contribution is -2.41. The zero-order valence-electron chi connectivity index (χ0n) is 14.7. The Labute approximate surface area is 140 Å². The molecule has 0 bridgehead atoms. The van der Waals surface area contributed by atoms with Gasteiger partial charge in [0.15, 0.2) is 5.96 Å². The monoisotopic (exact) mass is 323 g/mol. The Bertz CT molecular complexity index is 388. The first-order valence-corrected chi connectivity index (χ1v) is 9.46. The van der Waals surface area contributed by atoms with Crippen molar-refractivity contribution in [3.8, 4) is 0 Å². The van der Waals surface area contributed by atoms with Crippen molar-refractivity contribution < 1.29 is 9.47 Å². The van der Waals surface area contributed by atoms with Gasteiger partial charge >= 0.3 is 0 Å². The van der Waals surface area contributed by atoms with Gasteiger partial charge in [-0.15, -0.1) is 0 Å². The SMILES string of the molecule is CN=C(NCCCOCC1CCCO1)N1CCC2(CCCC2)C1. The summed E-state index contributed by atoms with van der Waals surface area (Å²) in [7, 11) is 1.90. The third kappa shape index (κ3) is 4.60. The van der Waals surface area contributed by atoms with Gasteiger partial charge < -0.3 is 19.7 Å². The van der Waals surface area contributed by atoms with Crippen LogP contribution in [0.1, 0.15) is 51.4 Å².